The van der Waals surface area contributed by atoms with E-state index in [-0.39, 0.29) is 0 Å². The van der Waals surface area contributed by atoms with Crippen LogP contribution < -0.4 is 5.32 Å². The quantitative estimate of drug-likeness (QED) is 0.793. The highest BCUT2D eigenvalue weighted by molar-refractivity contribution is 7.99. The Morgan fingerprint density at radius 1 is 1.48 bits per heavy atom. The van der Waals surface area contributed by atoms with E-state index in [1.165, 1.54) is 17.3 Å². The van der Waals surface area contributed by atoms with Gasteiger partial charge in [-0.05, 0) is 30.8 Å². The molecule has 1 N–H and O–H groups in total. The summed E-state index contributed by atoms with van der Waals surface area (Å²) in [4.78, 5) is 4.32. The minimum absolute atomic E-state index is 0.652. The summed E-state index contributed by atoms with van der Waals surface area (Å²) in [6, 6.07) is 3.67. The molecule has 0 unspecified atom stereocenters. The zero-order valence-electron chi connectivity index (χ0n) is 12.4. The fourth-order valence-corrected chi connectivity index (χ4v) is 3.15. The number of pyridine rings is 1. The van der Waals surface area contributed by atoms with Gasteiger partial charge in [-0.3, -0.25) is 4.68 Å². The third-order valence-corrected chi connectivity index (χ3v) is 4.63. The van der Waals surface area contributed by atoms with Crippen LogP contribution in [0, 0.1) is 6.92 Å². The molecule has 0 amide bonds. The molecular weight excluding hydrogens is 308 g/mol. The molecule has 0 spiro atoms. The predicted molar refractivity (Wildman–Crippen MR) is 84.9 cm³/mol. The number of rotatable bonds is 7. The van der Waals surface area contributed by atoms with Gasteiger partial charge in [-0.25, -0.2) is 4.98 Å². The smallest absolute Gasteiger partial charge is 0.121 e. The Kier molecular flexibility index (Phi) is 6.05. The number of hydrogen-bond acceptors (Lipinski definition) is 5. The summed E-state index contributed by atoms with van der Waals surface area (Å²) in [5.41, 5.74) is 2.18. The number of nitrogens with one attached hydrogen (secondary N) is 1. The molecule has 2 heterocycles. The van der Waals surface area contributed by atoms with Crippen molar-refractivity contribution in [3.63, 3.8) is 0 Å². The molecule has 0 saturated heterocycles. The number of aryl methyl sites for hydroxylation is 2. The van der Waals surface area contributed by atoms with Gasteiger partial charge in [-0.2, -0.15) is 5.10 Å². The maximum absolute atomic E-state index is 6.19. The van der Waals surface area contributed by atoms with E-state index >= 15 is 0 Å². The molecule has 21 heavy (non-hydrogen) atoms. The zero-order chi connectivity index (χ0) is 15.2. The molecule has 0 aromatic carbocycles. The highest BCUT2D eigenvalue weighted by Gasteiger charge is 2.16. The van der Waals surface area contributed by atoms with E-state index in [9.17, 15) is 0 Å². The van der Waals surface area contributed by atoms with Crippen LogP contribution in [0.5, 0.6) is 0 Å². The van der Waals surface area contributed by atoms with E-state index < -0.39 is 0 Å². The zero-order valence-corrected chi connectivity index (χ0v) is 14.0. The van der Waals surface area contributed by atoms with Gasteiger partial charge in [-0.15, -0.1) is 0 Å². The lowest BCUT2D eigenvalue weighted by Gasteiger charge is -2.08. The lowest BCUT2D eigenvalue weighted by Crippen LogP contribution is -2.19. The van der Waals surface area contributed by atoms with Crippen LogP contribution in [0.25, 0.3) is 0 Å². The molecule has 114 valence electrons. The average Bonchev–Trinajstić information content (AvgIpc) is 2.72. The van der Waals surface area contributed by atoms with Crippen LogP contribution in [-0.2, 0) is 18.3 Å². The van der Waals surface area contributed by atoms with Gasteiger partial charge >= 0.3 is 0 Å². The second-order valence-corrected chi connectivity index (χ2v) is 5.94. The number of methoxy groups -OCH3 is 1. The Morgan fingerprint density at radius 2 is 2.29 bits per heavy atom. The third kappa shape index (κ3) is 4.20. The summed E-state index contributed by atoms with van der Waals surface area (Å²) in [5, 5.41) is 10.3. The largest absolute Gasteiger partial charge is 0.383 e. The van der Waals surface area contributed by atoms with Gasteiger partial charge in [0.25, 0.3) is 0 Å². The van der Waals surface area contributed by atoms with Gasteiger partial charge in [0.05, 0.1) is 17.3 Å². The molecule has 0 aliphatic carbocycles. The monoisotopic (exact) mass is 326 g/mol. The van der Waals surface area contributed by atoms with Crippen molar-refractivity contribution in [1.29, 1.82) is 0 Å². The van der Waals surface area contributed by atoms with Crippen LogP contribution >= 0.6 is 23.4 Å². The standard InChI is InChI=1S/C14H19ClN4OS/c1-10-11(9-16-7-8-20-3)14(19(2)18-10)21-13-12(15)5-4-6-17-13/h4-6,16H,7-9H2,1-3H3. The van der Waals surface area contributed by atoms with Crippen LogP contribution in [0.1, 0.15) is 11.3 Å². The number of hydrogen-bond donors (Lipinski definition) is 1. The Bertz CT molecular complexity index is 603. The van der Waals surface area contributed by atoms with Crippen molar-refractivity contribution in [3.05, 3.63) is 34.6 Å². The van der Waals surface area contributed by atoms with E-state index in [2.05, 4.69) is 15.4 Å². The molecule has 0 bridgehead atoms. The Balaban J connectivity index is 2.16. The Morgan fingerprint density at radius 3 is 3.00 bits per heavy atom. The summed E-state index contributed by atoms with van der Waals surface area (Å²) in [6.45, 7) is 4.25. The summed E-state index contributed by atoms with van der Waals surface area (Å²) < 4.78 is 6.91. The van der Waals surface area contributed by atoms with Crippen molar-refractivity contribution in [3.8, 4) is 0 Å². The fraction of sp³-hybridized carbons (Fsp3) is 0.429. The van der Waals surface area contributed by atoms with Gasteiger partial charge in [-0.1, -0.05) is 11.6 Å². The van der Waals surface area contributed by atoms with E-state index in [0.29, 0.717) is 11.6 Å². The van der Waals surface area contributed by atoms with Crippen LogP contribution in [0.15, 0.2) is 28.4 Å². The molecule has 2 rings (SSSR count). The number of halogens is 1. The minimum atomic E-state index is 0.652. The van der Waals surface area contributed by atoms with Crippen molar-refractivity contribution in [2.24, 2.45) is 7.05 Å². The predicted octanol–water partition coefficient (Wildman–Crippen LogP) is 2.66. The first kappa shape index (κ1) is 16.3. The van der Waals surface area contributed by atoms with Crippen LogP contribution in [0.4, 0.5) is 0 Å². The molecule has 0 aliphatic rings. The maximum Gasteiger partial charge on any atom is 0.121 e. The van der Waals surface area contributed by atoms with E-state index in [1.54, 1.807) is 13.3 Å². The van der Waals surface area contributed by atoms with E-state index in [0.717, 1.165) is 28.8 Å². The molecule has 0 fully saturated rings. The summed E-state index contributed by atoms with van der Waals surface area (Å²) in [5.74, 6) is 0. The molecule has 0 aliphatic heterocycles. The topological polar surface area (TPSA) is 52.0 Å². The Hall–Kier alpha value is -1.08. The molecule has 5 nitrogen and oxygen atoms in total. The second kappa shape index (κ2) is 7.79. The van der Waals surface area contributed by atoms with Gasteiger partial charge in [0.1, 0.15) is 10.1 Å². The van der Waals surface area contributed by atoms with Gasteiger partial charge in [0.2, 0.25) is 0 Å². The number of nitrogens with zero attached hydrogens (tertiary/aromatic N) is 3. The molecule has 0 radical (unpaired) electrons. The average molecular weight is 327 g/mol. The first-order valence-electron chi connectivity index (χ1n) is 6.64. The maximum atomic E-state index is 6.19. The summed E-state index contributed by atoms with van der Waals surface area (Å²) in [7, 11) is 3.63. The fourth-order valence-electron chi connectivity index (χ4n) is 1.94. The molecule has 0 saturated carbocycles. The van der Waals surface area contributed by atoms with Crippen molar-refractivity contribution in [1.82, 2.24) is 20.1 Å². The molecule has 7 heteroatoms. The first-order valence-corrected chi connectivity index (χ1v) is 7.83. The normalized spacial score (nSPS) is 11.0. The lowest BCUT2D eigenvalue weighted by atomic mass is 10.2. The van der Waals surface area contributed by atoms with Crippen molar-refractivity contribution >= 4 is 23.4 Å². The van der Waals surface area contributed by atoms with E-state index in [1.807, 2.05) is 30.8 Å². The lowest BCUT2D eigenvalue weighted by molar-refractivity contribution is 0.199. The van der Waals surface area contributed by atoms with Crippen LogP contribution in [0.3, 0.4) is 0 Å². The summed E-state index contributed by atoms with van der Waals surface area (Å²) in [6.07, 6.45) is 1.74. The highest BCUT2D eigenvalue weighted by Crippen LogP contribution is 2.34. The van der Waals surface area contributed by atoms with Crippen LogP contribution in [-0.4, -0.2) is 35.0 Å². The summed E-state index contributed by atoms with van der Waals surface area (Å²) >= 11 is 7.72. The van der Waals surface area contributed by atoms with Crippen molar-refractivity contribution in [2.75, 3.05) is 20.3 Å². The molecule has 2 aromatic rings. The molecular formula is C14H19ClN4OS. The SMILES string of the molecule is COCCNCc1c(C)nn(C)c1Sc1ncccc1Cl. The van der Waals surface area contributed by atoms with Crippen molar-refractivity contribution < 1.29 is 4.74 Å². The van der Waals surface area contributed by atoms with Gasteiger partial charge in [0.15, 0.2) is 0 Å². The van der Waals surface area contributed by atoms with Gasteiger partial charge < -0.3 is 10.1 Å². The van der Waals surface area contributed by atoms with E-state index in [4.69, 9.17) is 16.3 Å². The highest BCUT2D eigenvalue weighted by atomic mass is 35.5. The number of ether oxygens (including phenoxy) is 1. The first-order chi connectivity index (χ1) is 10.1. The molecule has 0 atom stereocenters. The van der Waals surface area contributed by atoms with Crippen molar-refractivity contribution in [2.45, 2.75) is 23.5 Å². The second-order valence-electron chi connectivity index (χ2n) is 4.55. The number of aromatic nitrogens is 3. The molecule has 2 aromatic heterocycles. The van der Waals surface area contributed by atoms with Crippen LogP contribution in [0.2, 0.25) is 5.02 Å². The Labute approximate surface area is 134 Å². The van der Waals surface area contributed by atoms with Gasteiger partial charge in [0, 0.05) is 39.0 Å². The minimum Gasteiger partial charge on any atom is -0.383 e. The third-order valence-electron chi connectivity index (χ3n) is 2.99.